The van der Waals surface area contributed by atoms with Gasteiger partial charge in [-0.1, -0.05) is 12.1 Å². The molecule has 39 heavy (non-hydrogen) atoms. The van der Waals surface area contributed by atoms with E-state index in [0.29, 0.717) is 5.69 Å². The number of nitrogens with two attached hydrogens (primary N) is 4. The minimum atomic E-state index is -1.14. The van der Waals surface area contributed by atoms with E-state index in [1.807, 2.05) is 0 Å². The average molecular weight is 534 g/mol. The molecule has 13 N–H and O–H groups in total. The van der Waals surface area contributed by atoms with Gasteiger partial charge in [-0.2, -0.15) is 4.99 Å². The number of aliphatic imine (C=N–C) groups is 2. The Bertz CT molecular complexity index is 1510. The molecular formula is C23H23N11O5. The average Bonchev–Trinajstić information content (AvgIpc) is 2.84. The number of carbonyl (C=O) groups is 3. The number of amidine groups is 3. The van der Waals surface area contributed by atoms with Gasteiger partial charge in [-0.25, -0.2) is 0 Å². The van der Waals surface area contributed by atoms with E-state index in [1.54, 1.807) is 18.2 Å². The monoisotopic (exact) mass is 533 g/mol. The normalized spacial score (nSPS) is 16.0. The van der Waals surface area contributed by atoms with Crippen molar-refractivity contribution in [2.75, 3.05) is 5.32 Å². The van der Waals surface area contributed by atoms with Crippen molar-refractivity contribution in [1.29, 1.82) is 10.8 Å². The lowest BCUT2D eigenvalue weighted by atomic mass is 10.1. The molecule has 0 aromatic heterocycles. The van der Waals surface area contributed by atoms with Crippen LogP contribution in [-0.4, -0.2) is 47.4 Å². The van der Waals surface area contributed by atoms with Crippen LogP contribution in [0.3, 0.4) is 0 Å². The molecule has 3 amide bonds. The van der Waals surface area contributed by atoms with Crippen molar-refractivity contribution in [3.8, 4) is 11.5 Å². The Kier molecular flexibility index (Phi) is 7.10. The molecule has 16 nitrogen and oxygen atoms in total. The third kappa shape index (κ3) is 6.08. The van der Waals surface area contributed by atoms with Gasteiger partial charge in [0, 0.05) is 17.3 Å². The van der Waals surface area contributed by atoms with Crippen molar-refractivity contribution in [2.24, 2.45) is 32.9 Å². The van der Waals surface area contributed by atoms with Gasteiger partial charge >= 0.3 is 6.02 Å². The van der Waals surface area contributed by atoms with E-state index in [2.05, 4.69) is 25.9 Å². The van der Waals surface area contributed by atoms with E-state index in [1.165, 1.54) is 24.3 Å². The second-order valence-electron chi connectivity index (χ2n) is 8.13. The highest BCUT2D eigenvalue weighted by Crippen LogP contribution is 2.27. The zero-order valence-corrected chi connectivity index (χ0v) is 20.1. The fourth-order valence-corrected chi connectivity index (χ4v) is 3.51. The number of rotatable bonds is 8. The molecule has 1 atom stereocenters. The molecule has 0 bridgehead atoms. The van der Waals surface area contributed by atoms with Gasteiger partial charge < -0.3 is 43.0 Å². The number of hydrogen-bond acceptors (Lipinski definition) is 10. The van der Waals surface area contributed by atoms with E-state index in [-0.39, 0.29) is 64.3 Å². The number of nitrogens with one attached hydrogen (secondary N) is 5. The van der Waals surface area contributed by atoms with Crippen LogP contribution in [0.2, 0.25) is 0 Å². The first-order chi connectivity index (χ1) is 18.5. The zero-order chi connectivity index (χ0) is 28.3. The molecule has 0 aliphatic carbocycles. The summed E-state index contributed by atoms with van der Waals surface area (Å²) >= 11 is 0. The minimum absolute atomic E-state index is 0.0243. The molecule has 2 aliphatic heterocycles. The first kappa shape index (κ1) is 26.1. The maximum Gasteiger partial charge on any atom is 0.304 e. The SMILES string of the molecule is N=C(N)Nc1cccc(OC2=NC(Oc3cc(C(=N)N)ccc3C(N)=O)=C3NC(=O)C(CC(N)=O)N=C3N2)c1. The van der Waals surface area contributed by atoms with E-state index in [4.69, 9.17) is 43.2 Å². The maximum absolute atomic E-state index is 12.6. The van der Waals surface area contributed by atoms with Crippen molar-refractivity contribution in [2.45, 2.75) is 12.5 Å². The summed E-state index contributed by atoms with van der Waals surface area (Å²) in [6, 6.07) is 9.17. The molecule has 200 valence electrons. The van der Waals surface area contributed by atoms with Gasteiger partial charge in [0.1, 0.15) is 29.1 Å². The van der Waals surface area contributed by atoms with Gasteiger partial charge in [-0.05, 0) is 24.3 Å². The number of carbonyl (C=O) groups excluding carboxylic acids is 3. The lowest BCUT2D eigenvalue weighted by Crippen LogP contribution is -2.51. The second kappa shape index (κ2) is 10.6. The summed E-state index contributed by atoms with van der Waals surface area (Å²) < 4.78 is 11.7. The summed E-state index contributed by atoms with van der Waals surface area (Å²) in [5, 5.41) is 23.1. The Morgan fingerprint density at radius 2 is 1.79 bits per heavy atom. The van der Waals surface area contributed by atoms with Crippen molar-refractivity contribution in [3.05, 3.63) is 65.2 Å². The molecule has 2 aliphatic rings. The van der Waals surface area contributed by atoms with Gasteiger partial charge in [-0.3, -0.25) is 35.5 Å². The zero-order valence-electron chi connectivity index (χ0n) is 20.1. The highest BCUT2D eigenvalue weighted by atomic mass is 16.5. The van der Waals surface area contributed by atoms with Gasteiger partial charge in [0.25, 0.3) is 11.8 Å². The van der Waals surface area contributed by atoms with Crippen molar-refractivity contribution in [3.63, 3.8) is 0 Å². The van der Waals surface area contributed by atoms with Crippen molar-refractivity contribution >= 4 is 47.1 Å². The van der Waals surface area contributed by atoms with Crippen molar-refractivity contribution < 1.29 is 23.9 Å². The fraction of sp³-hybridized carbons (Fsp3) is 0.0870. The summed E-state index contributed by atoms with van der Waals surface area (Å²) in [7, 11) is 0. The molecule has 16 heteroatoms. The number of nitrogens with zero attached hydrogens (tertiary/aromatic N) is 2. The Labute approximate surface area is 220 Å². The number of hydrogen-bond donors (Lipinski definition) is 9. The lowest BCUT2D eigenvalue weighted by Gasteiger charge is -2.27. The molecule has 0 fully saturated rings. The van der Waals surface area contributed by atoms with Crippen LogP contribution >= 0.6 is 0 Å². The topological polar surface area (TPSA) is 282 Å². The highest BCUT2D eigenvalue weighted by Gasteiger charge is 2.34. The maximum atomic E-state index is 12.6. The Balaban J connectivity index is 1.77. The molecule has 2 aromatic rings. The number of guanidine groups is 1. The fourth-order valence-electron chi connectivity index (χ4n) is 3.51. The standard InChI is InChI=1S/C23H23N11O5/c24-15(35)8-13-20(37)32-16-19(31-13)33-23(38-11-3-1-2-10(7-11)30-22(28)29)34-21(16)39-14-6-9(17(25)26)4-5-12(14)18(27)36/h1-7,13H,8H2,(H2,24,35)(H3,25,26)(H2,27,36)(H,32,37)(H4,28,29,30)(H,31,33,34). The summed E-state index contributed by atoms with van der Waals surface area (Å²) in [4.78, 5) is 44.6. The molecule has 0 spiro atoms. The van der Waals surface area contributed by atoms with Crippen molar-refractivity contribution in [1.82, 2.24) is 10.6 Å². The van der Waals surface area contributed by atoms with Gasteiger partial charge in [0.15, 0.2) is 11.8 Å². The van der Waals surface area contributed by atoms with Crippen LogP contribution < -0.4 is 48.4 Å². The molecular weight excluding hydrogens is 510 g/mol. The van der Waals surface area contributed by atoms with Crippen LogP contribution in [-0.2, 0) is 9.59 Å². The lowest BCUT2D eigenvalue weighted by molar-refractivity contribution is -0.126. The molecule has 0 saturated carbocycles. The largest absolute Gasteiger partial charge is 0.436 e. The van der Waals surface area contributed by atoms with Gasteiger partial charge in [-0.15, -0.1) is 0 Å². The third-order valence-electron chi connectivity index (χ3n) is 5.20. The summed E-state index contributed by atoms with van der Waals surface area (Å²) in [5.74, 6) is -2.88. The molecule has 1 unspecified atom stereocenters. The van der Waals surface area contributed by atoms with E-state index in [9.17, 15) is 14.4 Å². The summed E-state index contributed by atoms with van der Waals surface area (Å²) in [5.41, 5.74) is 22.3. The van der Waals surface area contributed by atoms with Crippen LogP contribution in [0.5, 0.6) is 11.5 Å². The molecule has 4 rings (SSSR count). The van der Waals surface area contributed by atoms with Crippen LogP contribution in [0.25, 0.3) is 0 Å². The van der Waals surface area contributed by atoms with E-state index >= 15 is 0 Å². The molecule has 0 saturated heterocycles. The molecule has 2 heterocycles. The predicted molar refractivity (Wildman–Crippen MR) is 140 cm³/mol. The number of fused-ring (bicyclic) bond motifs is 1. The van der Waals surface area contributed by atoms with E-state index < -0.39 is 23.8 Å². The third-order valence-corrected chi connectivity index (χ3v) is 5.20. The predicted octanol–water partition coefficient (Wildman–Crippen LogP) is -1.27. The van der Waals surface area contributed by atoms with Gasteiger partial charge in [0.2, 0.25) is 11.8 Å². The number of primary amides is 2. The summed E-state index contributed by atoms with van der Waals surface area (Å²) in [6.07, 6.45) is -0.362. The van der Waals surface area contributed by atoms with Crippen LogP contribution in [0.4, 0.5) is 5.69 Å². The number of ether oxygens (including phenoxy) is 2. The first-order valence-corrected chi connectivity index (χ1v) is 11.1. The highest BCUT2D eigenvalue weighted by molar-refractivity contribution is 6.14. The number of anilines is 1. The van der Waals surface area contributed by atoms with Crippen LogP contribution in [0.1, 0.15) is 22.3 Å². The molecule has 0 radical (unpaired) electrons. The summed E-state index contributed by atoms with van der Waals surface area (Å²) in [6.45, 7) is 0. The number of nitrogen functional groups attached to an aromatic ring is 1. The second-order valence-corrected chi connectivity index (χ2v) is 8.13. The Morgan fingerprint density at radius 3 is 2.46 bits per heavy atom. The molecule has 2 aromatic carbocycles. The first-order valence-electron chi connectivity index (χ1n) is 11.1. The quantitative estimate of drug-likeness (QED) is 0.144. The number of amides is 3. The Hall–Kier alpha value is -5.93. The Morgan fingerprint density at radius 1 is 1.03 bits per heavy atom. The van der Waals surface area contributed by atoms with Crippen LogP contribution in [0, 0.1) is 10.8 Å². The minimum Gasteiger partial charge on any atom is -0.436 e. The van der Waals surface area contributed by atoms with Gasteiger partial charge in [0.05, 0.1) is 12.0 Å². The van der Waals surface area contributed by atoms with E-state index in [0.717, 1.165) is 0 Å². The van der Waals surface area contributed by atoms with Crippen LogP contribution in [0.15, 0.2) is 64.0 Å². The smallest absolute Gasteiger partial charge is 0.304 e. The number of benzene rings is 2.